The van der Waals surface area contributed by atoms with Gasteiger partial charge in [-0.25, -0.2) is 4.68 Å². The zero-order chi connectivity index (χ0) is 15.8. The second kappa shape index (κ2) is 5.66. The third-order valence-corrected chi connectivity index (χ3v) is 4.46. The lowest BCUT2D eigenvalue weighted by Crippen LogP contribution is -2.30. The maximum atomic E-state index is 11.4. The highest BCUT2D eigenvalue weighted by Gasteiger charge is 2.32. The van der Waals surface area contributed by atoms with Crippen molar-refractivity contribution in [2.24, 2.45) is 12.5 Å². The molecule has 1 aromatic rings. The number of nitrogens with zero attached hydrogens (tertiary/aromatic N) is 3. The van der Waals surface area contributed by atoms with E-state index in [0.29, 0.717) is 23.0 Å². The Bertz CT molecular complexity index is 524. The summed E-state index contributed by atoms with van der Waals surface area (Å²) >= 11 is 0. The van der Waals surface area contributed by atoms with Crippen LogP contribution in [0.1, 0.15) is 65.0 Å². The number of nitrogens with one attached hydrogen (secondary N) is 1. The van der Waals surface area contributed by atoms with E-state index in [1.54, 1.807) is 11.7 Å². The van der Waals surface area contributed by atoms with Gasteiger partial charge in [0.15, 0.2) is 0 Å². The first-order valence-electron chi connectivity index (χ1n) is 7.69. The van der Waals surface area contributed by atoms with Gasteiger partial charge in [-0.15, -0.1) is 0 Å². The molecule has 1 N–H and O–H groups in total. The van der Waals surface area contributed by atoms with Crippen LogP contribution in [0.5, 0.6) is 0 Å². The zero-order valence-corrected chi connectivity index (χ0v) is 13.6. The minimum Gasteiger partial charge on any atom is -0.362 e. The van der Waals surface area contributed by atoms with Gasteiger partial charge in [0.1, 0.15) is 5.69 Å². The third-order valence-electron chi connectivity index (χ3n) is 4.46. The Labute approximate surface area is 126 Å². The van der Waals surface area contributed by atoms with Gasteiger partial charge in [0, 0.05) is 19.0 Å². The summed E-state index contributed by atoms with van der Waals surface area (Å²) in [5.74, 6) is 0.589. The van der Waals surface area contributed by atoms with Crippen LogP contribution in [0.3, 0.4) is 0 Å². The molecule has 0 radical (unpaired) electrons. The topological polar surface area (TPSA) is 73.0 Å². The van der Waals surface area contributed by atoms with Gasteiger partial charge >= 0.3 is 5.69 Å². The molecule has 0 unspecified atom stereocenters. The first-order valence-corrected chi connectivity index (χ1v) is 7.69. The van der Waals surface area contributed by atoms with Crippen LogP contribution in [-0.2, 0) is 7.05 Å². The van der Waals surface area contributed by atoms with Crippen molar-refractivity contribution < 1.29 is 4.92 Å². The molecule has 1 saturated carbocycles. The average molecular weight is 294 g/mol. The van der Waals surface area contributed by atoms with Crippen molar-refractivity contribution in [3.8, 4) is 0 Å². The molecule has 1 fully saturated rings. The van der Waals surface area contributed by atoms with Crippen molar-refractivity contribution in [1.29, 1.82) is 0 Å². The molecule has 1 aliphatic rings. The van der Waals surface area contributed by atoms with E-state index in [0.717, 1.165) is 25.7 Å². The second-order valence-corrected chi connectivity index (χ2v) is 7.20. The number of hydrogen-bond acceptors (Lipinski definition) is 4. The van der Waals surface area contributed by atoms with E-state index in [9.17, 15) is 10.1 Å². The monoisotopic (exact) mass is 294 g/mol. The summed E-state index contributed by atoms with van der Waals surface area (Å²) < 4.78 is 1.62. The first-order chi connectivity index (χ1) is 9.71. The molecule has 0 saturated heterocycles. The molecule has 1 aliphatic carbocycles. The maximum absolute atomic E-state index is 11.4. The predicted molar refractivity (Wildman–Crippen MR) is 83.6 cm³/mol. The number of nitro groups is 1. The standard InChI is InChI=1S/C15H26N4O2/c1-10(2)12-13(19(20)21)14(18(5)17-12)16-11-6-8-15(3,4)9-7-11/h10-11,16H,6-9H2,1-5H3. The lowest BCUT2D eigenvalue weighted by molar-refractivity contribution is -0.384. The van der Waals surface area contributed by atoms with E-state index >= 15 is 0 Å². The minimum absolute atomic E-state index is 0.0393. The lowest BCUT2D eigenvalue weighted by atomic mass is 9.75. The molecule has 0 atom stereocenters. The normalized spacial score (nSPS) is 19.0. The molecular formula is C15H26N4O2. The molecular weight excluding hydrogens is 268 g/mol. The Morgan fingerprint density at radius 2 is 1.95 bits per heavy atom. The van der Waals surface area contributed by atoms with Gasteiger partial charge in [-0.3, -0.25) is 10.1 Å². The van der Waals surface area contributed by atoms with E-state index in [4.69, 9.17) is 0 Å². The Morgan fingerprint density at radius 3 is 2.43 bits per heavy atom. The molecule has 0 aliphatic heterocycles. The van der Waals surface area contributed by atoms with Crippen molar-refractivity contribution in [1.82, 2.24) is 9.78 Å². The van der Waals surface area contributed by atoms with Gasteiger partial charge in [-0.1, -0.05) is 27.7 Å². The lowest BCUT2D eigenvalue weighted by Gasteiger charge is -2.34. The zero-order valence-electron chi connectivity index (χ0n) is 13.6. The number of rotatable bonds is 4. The first kappa shape index (κ1) is 15.8. The van der Waals surface area contributed by atoms with E-state index in [1.165, 1.54) is 0 Å². The molecule has 6 heteroatoms. The third kappa shape index (κ3) is 3.36. The molecule has 0 spiro atoms. The Hall–Kier alpha value is -1.59. The van der Waals surface area contributed by atoms with E-state index in [-0.39, 0.29) is 16.5 Å². The van der Waals surface area contributed by atoms with Crippen LogP contribution < -0.4 is 5.32 Å². The summed E-state index contributed by atoms with van der Waals surface area (Å²) in [4.78, 5) is 11.1. The van der Waals surface area contributed by atoms with Crippen LogP contribution in [0, 0.1) is 15.5 Å². The number of aromatic nitrogens is 2. The largest absolute Gasteiger partial charge is 0.362 e. The quantitative estimate of drug-likeness (QED) is 0.676. The molecule has 1 heterocycles. The van der Waals surface area contributed by atoms with Gasteiger partial charge in [-0.05, 0) is 31.1 Å². The highest BCUT2D eigenvalue weighted by atomic mass is 16.6. The summed E-state index contributed by atoms with van der Waals surface area (Å²) in [5, 5.41) is 19.1. The highest BCUT2D eigenvalue weighted by Crippen LogP contribution is 2.38. The Balaban J connectivity index is 2.22. The molecule has 0 bridgehead atoms. The van der Waals surface area contributed by atoms with Crippen LogP contribution in [0.2, 0.25) is 0 Å². The van der Waals surface area contributed by atoms with Crippen molar-refractivity contribution in [2.75, 3.05) is 5.32 Å². The molecule has 21 heavy (non-hydrogen) atoms. The number of hydrogen-bond donors (Lipinski definition) is 1. The molecule has 2 rings (SSSR count). The van der Waals surface area contributed by atoms with Crippen LogP contribution in [0.15, 0.2) is 0 Å². The average Bonchev–Trinajstić information content (AvgIpc) is 2.70. The van der Waals surface area contributed by atoms with E-state index in [2.05, 4.69) is 24.3 Å². The second-order valence-electron chi connectivity index (χ2n) is 7.20. The number of aryl methyl sites for hydroxylation is 1. The van der Waals surface area contributed by atoms with Gasteiger partial charge in [0.25, 0.3) is 0 Å². The van der Waals surface area contributed by atoms with Crippen LogP contribution in [0.25, 0.3) is 0 Å². The SMILES string of the molecule is CC(C)c1nn(C)c(NC2CCC(C)(C)CC2)c1[N+](=O)[O-]. The van der Waals surface area contributed by atoms with Crippen LogP contribution in [0.4, 0.5) is 11.5 Å². The summed E-state index contributed by atoms with van der Waals surface area (Å²) in [6, 6.07) is 0.298. The van der Waals surface area contributed by atoms with Crippen LogP contribution >= 0.6 is 0 Å². The fourth-order valence-corrected chi connectivity index (χ4v) is 3.00. The Kier molecular flexibility index (Phi) is 4.25. The highest BCUT2D eigenvalue weighted by molar-refractivity contribution is 5.61. The van der Waals surface area contributed by atoms with Gasteiger partial charge in [0.2, 0.25) is 5.82 Å². The van der Waals surface area contributed by atoms with Crippen molar-refractivity contribution in [3.63, 3.8) is 0 Å². The van der Waals surface area contributed by atoms with Gasteiger partial charge in [0.05, 0.1) is 4.92 Å². The fraction of sp³-hybridized carbons (Fsp3) is 0.800. The van der Waals surface area contributed by atoms with Crippen molar-refractivity contribution in [3.05, 3.63) is 15.8 Å². The molecule has 1 aromatic heterocycles. The van der Waals surface area contributed by atoms with E-state index in [1.807, 2.05) is 13.8 Å². The summed E-state index contributed by atoms with van der Waals surface area (Å²) in [6.07, 6.45) is 4.39. The van der Waals surface area contributed by atoms with Crippen molar-refractivity contribution in [2.45, 2.75) is 65.3 Å². The molecule has 0 amide bonds. The summed E-state index contributed by atoms with van der Waals surface area (Å²) in [6.45, 7) is 8.43. The maximum Gasteiger partial charge on any atom is 0.334 e. The fourth-order valence-electron chi connectivity index (χ4n) is 3.00. The van der Waals surface area contributed by atoms with Crippen molar-refractivity contribution >= 4 is 11.5 Å². The molecule has 0 aromatic carbocycles. The molecule has 118 valence electrons. The van der Waals surface area contributed by atoms with Crippen LogP contribution in [-0.4, -0.2) is 20.7 Å². The predicted octanol–water partition coefficient (Wildman–Crippen LogP) is 3.83. The van der Waals surface area contributed by atoms with E-state index < -0.39 is 0 Å². The summed E-state index contributed by atoms with van der Waals surface area (Å²) in [5.41, 5.74) is 1.08. The summed E-state index contributed by atoms with van der Waals surface area (Å²) in [7, 11) is 1.77. The molecule has 6 nitrogen and oxygen atoms in total. The smallest absolute Gasteiger partial charge is 0.334 e. The van der Waals surface area contributed by atoms with Gasteiger partial charge < -0.3 is 5.32 Å². The minimum atomic E-state index is -0.308. The number of anilines is 1. The van der Waals surface area contributed by atoms with Gasteiger partial charge in [-0.2, -0.15) is 5.10 Å². The Morgan fingerprint density at radius 1 is 1.38 bits per heavy atom.